The summed E-state index contributed by atoms with van der Waals surface area (Å²) >= 11 is 0. The van der Waals surface area contributed by atoms with Gasteiger partial charge in [0.25, 0.3) is 0 Å². The molecule has 1 aromatic heterocycles. The minimum Gasteiger partial charge on any atom is -0.378 e. The van der Waals surface area contributed by atoms with Crippen LogP contribution in [0.3, 0.4) is 0 Å². The molecule has 1 aromatic carbocycles. The van der Waals surface area contributed by atoms with Crippen LogP contribution in [-0.4, -0.2) is 42.1 Å². The maximum atomic E-state index is 13.3. The standard InChI is InChI=1S/C22H27FN2O2/c1-25(14-12-20-7-3-5-15-27-20)22(26)21(16-19-6-2-4-13-24-19)17-8-10-18(23)11-9-17/h2,4,6,8-11,13,20-21H,3,5,7,12,14-16H2,1H3. The predicted molar refractivity (Wildman–Crippen MR) is 103 cm³/mol. The van der Waals surface area contributed by atoms with E-state index in [0.717, 1.165) is 37.1 Å². The van der Waals surface area contributed by atoms with Gasteiger partial charge in [-0.3, -0.25) is 9.78 Å². The quantitative estimate of drug-likeness (QED) is 0.741. The first-order valence-electron chi connectivity index (χ1n) is 9.65. The van der Waals surface area contributed by atoms with Gasteiger partial charge in [0.2, 0.25) is 5.91 Å². The molecule has 1 aliphatic heterocycles. The Morgan fingerprint density at radius 3 is 2.74 bits per heavy atom. The van der Waals surface area contributed by atoms with Crippen LogP contribution in [-0.2, 0) is 16.0 Å². The first-order chi connectivity index (χ1) is 13.1. The van der Waals surface area contributed by atoms with Crippen molar-refractivity contribution in [1.29, 1.82) is 0 Å². The predicted octanol–water partition coefficient (Wildman–Crippen LogP) is 3.96. The largest absolute Gasteiger partial charge is 0.378 e. The van der Waals surface area contributed by atoms with Crippen LogP contribution in [0.25, 0.3) is 0 Å². The molecular formula is C22H27FN2O2. The highest BCUT2D eigenvalue weighted by atomic mass is 19.1. The van der Waals surface area contributed by atoms with Gasteiger partial charge in [-0.25, -0.2) is 4.39 Å². The molecule has 0 N–H and O–H groups in total. The van der Waals surface area contributed by atoms with Crippen molar-refractivity contribution in [2.75, 3.05) is 20.2 Å². The van der Waals surface area contributed by atoms with Gasteiger partial charge in [-0.1, -0.05) is 18.2 Å². The van der Waals surface area contributed by atoms with Crippen LogP contribution < -0.4 is 0 Å². The van der Waals surface area contributed by atoms with Crippen molar-refractivity contribution in [2.24, 2.45) is 0 Å². The fourth-order valence-corrected chi connectivity index (χ4v) is 3.52. The smallest absolute Gasteiger partial charge is 0.230 e. The maximum absolute atomic E-state index is 13.3. The Bertz CT molecular complexity index is 715. The summed E-state index contributed by atoms with van der Waals surface area (Å²) in [7, 11) is 1.83. The van der Waals surface area contributed by atoms with Crippen molar-refractivity contribution in [1.82, 2.24) is 9.88 Å². The summed E-state index contributed by atoms with van der Waals surface area (Å²) in [6, 6.07) is 11.9. The normalized spacial score (nSPS) is 18.1. The van der Waals surface area contributed by atoms with Crippen molar-refractivity contribution in [3.8, 4) is 0 Å². The van der Waals surface area contributed by atoms with Crippen molar-refractivity contribution < 1.29 is 13.9 Å². The van der Waals surface area contributed by atoms with Crippen LogP contribution in [0, 0.1) is 5.82 Å². The van der Waals surface area contributed by atoms with Crippen LogP contribution >= 0.6 is 0 Å². The molecule has 0 spiro atoms. The first kappa shape index (κ1) is 19.5. The van der Waals surface area contributed by atoms with E-state index in [4.69, 9.17) is 4.74 Å². The third-order valence-electron chi connectivity index (χ3n) is 5.15. The van der Waals surface area contributed by atoms with Crippen LogP contribution in [0.1, 0.15) is 42.9 Å². The van der Waals surface area contributed by atoms with Crippen molar-refractivity contribution >= 4 is 5.91 Å². The summed E-state index contributed by atoms with van der Waals surface area (Å²) in [6.07, 6.45) is 6.71. The van der Waals surface area contributed by atoms with Gasteiger partial charge in [-0.2, -0.15) is 0 Å². The van der Waals surface area contributed by atoms with E-state index in [2.05, 4.69) is 4.98 Å². The summed E-state index contributed by atoms with van der Waals surface area (Å²) in [5.41, 5.74) is 1.66. The number of nitrogens with zero attached hydrogens (tertiary/aromatic N) is 2. The van der Waals surface area contributed by atoms with Gasteiger partial charge in [0.1, 0.15) is 5.82 Å². The average Bonchev–Trinajstić information content (AvgIpc) is 2.72. The molecule has 144 valence electrons. The van der Waals surface area contributed by atoms with Crippen molar-refractivity contribution in [2.45, 2.75) is 44.1 Å². The van der Waals surface area contributed by atoms with Crippen LogP contribution in [0.2, 0.25) is 0 Å². The molecule has 1 fully saturated rings. The third-order valence-corrected chi connectivity index (χ3v) is 5.15. The summed E-state index contributed by atoms with van der Waals surface area (Å²) in [4.78, 5) is 19.3. The number of hydrogen-bond donors (Lipinski definition) is 0. The lowest BCUT2D eigenvalue weighted by Crippen LogP contribution is -2.35. The van der Waals surface area contributed by atoms with E-state index in [1.165, 1.54) is 18.6 Å². The topological polar surface area (TPSA) is 42.4 Å². The Morgan fingerprint density at radius 2 is 2.07 bits per heavy atom. The number of ether oxygens (including phenoxy) is 1. The minimum atomic E-state index is -0.377. The molecule has 2 atom stereocenters. The van der Waals surface area contributed by atoms with E-state index in [9.17, 15) is 9.18 Å². The number of hydrogen-bond acceptors (Lipinski definition) is 3. The number of halogens is 1. The Labute approximate surface area is 160 Å². The zero-order valence-electron chi connectivity index (χ0n) is 15.8. The summed E-state index contributed by atoms with van der Waals surface area (Å²) in [6.45, 7) is 1.48. The Morgan fingerprint density at radius 1 is 1.26 bits per heavy atom. The summed E-state index contributed by atoms with van der Waals surface area (Å²) in [5, 5.41) is 0. The molecule has 0 aliphatic carbocycles. The zero-order valence-corrected chi connectivity index (χ0v) is 15.8. The number of benzene rings is 1. The highest BCUT2D eigenvalue weighted by molar-refractivity contribution is 5.83. The second kappa shape index (κ2) is 9.60. The Kier molecular flexibility index (Phi) is 6.93. The lowest BCUT2D eigenvalue weighted by Gasteiger charge is -2.27. The lowest BCUT2D eigenvalue weighted by molar-refractivity contribution is -0.132. The van der Waals surface area contributed by atoms with Gasteiger partial charge >= 0.3 is 0 Å². The Balaban J connectivity index is 1.70. The number of aromatic nitrogens is 1. The van der Waals surface area contributed by atoms with Crippen LogP contribution in [0.4, 0.5) is 4.39 Å². The van der Waals surface area contributed by atoms with Gasteiger partial charge in [0.15, 0.2) is 0 Å². The second-order valence-electron chi connectivity index (χ2n) is 7.17. The number of rotatable bonds is 7. The third kappa shape index (κ3) is 5.60. The molecule has 1 amide bonds. The molecule has 1 saturated heterocycles. The maximum Gasteiger partial charge on any atom is 0.230 e. The number of amides is 1. The minimum absolute atomic E-state index is 0.0306. The van der Waals surface area contributed by atoms with Crippen molar-refractivity contribution in [3.05, 3.63) is 65.7 Å². The summed E-state index contributed by atoms with van der Waals surface area (Å²) < 4.78 is 19.1. The van der Waals surface area contributed by atoms with Gasteiger partial charge < -0.3 is 9.64 Å². The van der Waals surface area contributed by atoms with E-state index in [1.807, 2.05) is 25.2 Å². The van der Waals surface area contributed by atoms with Gasteiger partial charge in [-0.15, -0.1) is 0 Å². The molecule has 0 radical (unpaired) electrons. The van der Waals surface area contributed by atoms with Gasteiger partial charge in [0.05, 0.1) is 12.0 Å². The van der Waals surface area contributed by atoms with Crippen LogP contribution in [0.15, 0.2) is 48.7 Å². The number of carbonyl (C=O) groups excluding carboxylic acids is 1. The lowest BCUT2D eigenvalue weighted by atomic mass is 9.92. The number of likely N-dealkylation sites (N-methyl/N-ethyl adjacent to an activating group) is 1. The molecule has 2 aromatic rings. The van der Waals surface area contributed by atoms with Gasteiger partial charge in [0, 0.05) is 38.5 Å². The average molecular weight is 370 g/mol. The molecule has 0 bridgehead atoms. The molecule has 2 unspecified atom stereocenters. The fraction of sp³-hybridized carbons (Fsp3) is 0.455. The van der Waals surface area contributed by atoms with E-state index >= 15 is 0 Å². The molecule has 4 nitrogen and oxygen atoms in total. The van der Waals surface area contributed by atoms with E-state index < -0.39 is 0 Å². The number of carbonyl (C=O) groups is 1. The van der Waals surface area contributed by atoms with Crippen LogP contribution in [0.5, 0.6) is 0 Å². The molecule has 1 aliphatic rings. The zero-order chi connectivity index (χ0) is 19.1. The second-order valence-corrected chi connectivity index (χ2v) is 7.17. The molecule has 27 heavy (non-hydrogen) atoms. The first-order valence-corrected chi connectivity index (χ1v) is 9.65. The SMILES string of the molecule is CN(CCC1CCCCO1)C(=O)C(Cc1ccccn1)c1ccc(F)cc1. The molecule has 3 rings (SSSR count). The highest BCUT2D eigenvalue weighted by Gasteiger charge is 2.25. The van der Waals surface area contributed by atoms with E-state index in [0.29, 0.717) is 13.0 Å². The monoisotopic (exact) mass is 370 g/mol. The number of pyridine rings is 1. The molecular weight excluding hydrogens is 343 g/mol. The van der Waals surface area contributed by atoms with E-state index in [1.54, 1.807) is 23.2 Å². The highest BCUT2D eigenvalue weighted by Crippen LogP contribution is 2.24. The Hall–Kier alpha value is -2.27. The molecule has 5 heteroatoms. The van der Waals surface area contributed by atoms with E-state index in [-0.39, 0.29) is 23.7 Å². The van der Waals surface area contributed by atoms with Crippen molar-refractivity contribution in [3.63, 3.8) is 0 Å². The molecule has 0 saturated carbocycles. The fourth-order valence-electron chi connectivity index (χ4n) is 3.52. The summed E-state index contributed by atoms with van der Waals surface area (Å²) in [5.74, 6) is -0.647. The van der Waals surface area contributed by atoms with Gasteiger partial charge in [-0.05, 0) is 55.5 Å². The molecule has 2 heterocycles.